The first kappa shape index (κ1) is 48.2. The fraction of sp³-hybridized carbons (Fsp3) is 0.154. The number of nitrogens with zero attached hydrogens (tertiary/aromatic N) is 3. The standard InChI is InChI=1S/C78H60N4O/c1-74(2,3)49-40-41-79-70(44-49)82-68-33-17-12-26-58(68)59-36-35-51(45-69(59)82)83-50-21-18-20-47(42-50)52-37-38-61-57-25-11-9-23-55(57)54-22-8-10-24-56(54)60-28-19-27-53(72(60)81-46-80-71(52)73(61)81)48-34-39-66-67(43-48)77(6)65-32-16-15-31-64(65)75(4)62-29-13-14-30-63(62)76(66,5)78(75,77)7/h8-45,80H,1-7H3. The van der Waals surface area contributed by atoms with E-state index in [4.69, 9.17) is 9.72 Å². The molecule has 4 aliphatic rings. The summed E-state index contributed by atoms with van der Waals surface area (Å²) < 4.78 is 11.5. The number of imidazole rings is 1. The lowest BCUT2D eigenvalue weighted by Gasteiger charge is -2.49. The summed E-state index contributed by atoms with van der Waals surface area (Å²) in [4.78, 5) is 8.73. The highest BCUT2D eigenvalue weighted by molar-refractivity contribution is 6.10. The fourth-order valence-electron chi connectivity index (χ4n) is 16.8. The van der Waals surface area contributed by atoms with Crippen LogP contribution in [0.25, 0.3) is 100.0 Å². The third-order valence-electron chi connectivity index (χ3n) is 21.0. The van der Waals surface area contributed by atoms with Crippen LogP contribution in [0, 0.1) is 11.7 Å². The smallest absolute Gasteiger partial charge is 0.242 e. The van der Waals surface area contributed by atoms with Gasteiger partial charge in [-0.1, -0.05) is 224 Å². The van der Waals surface area contributed by atoms with E-state index in [1.165, 1.54) is 72.1 Å². The van der Waals surface area contributed by atoms with E-state index in [2.05, 4.69) is 293 Å². The molecule has 0 radical (unpaired) electrons. The van der Waals surface area contributed by atoms with E-state index >= 15 is 0 Å². The zero-order valence-corrected chi connectivity index (χ0v) is 47.7. The number of ether oxygens (including phenoxy) is 1. The van der Waals surface area contributed by atoms with E-state index in [1.54, 1.807) is 0 Å². The molecule has 83 heavy (non-hydrogen) atoms. The lowest BCUT2D eigenvalue weighted by Crippen LogP contribution is -2.51. The van der Waals surface area contributed by atoms with Crippen molar-refractivity contribution in [1.29, 1.82) is 0 Å². The molecule has 0 saturated carbocycles. The first-order valence-electron chi connectivity index (χ1n) is 29.3. The quantitative estimate of drug-likeness (QED) is 0.138. The average Bonchev–Trinajstić information content (AvgIpc) is 1.45. The molecule has 1 aliphatic heterocycles. The summed E-state index contributed by atoms with van der Waals surface area (Å²) in [5.41, 5.74) is 25.7. The molecule has 0 spiro atoms. The number of hydrogen-bond donors (Lipinski definition) is 1. The van der Waals surface area contributed by atoms with Crippen molar-refractivity contribution in [3.8, 4) is 78.6 Å². The monoisotopic (exact) mass is 1070 g/mol. The molecule has 3 aromatic heterocycles. The largest absolute Gasteiger partial charge is 0.457 e. The predicted octanol–water partition coefficient (Wildman–Crippen LogP) is 18.7. The maximum absolute atomic E-state index is 6.91. The van der Waals surface area contributed by atoms with E-state index in [1.807, 2.05) is 6.20 Å². The van der Waals surface area contributed by atoms with Crippen LogP contribution in [0.1, 0.15) is 87.4 Å². The van der Waals surface area contributed by atoms with Crippen molar-refractivity contribution in [2.45, 2.75) is 70.1 Å². The maximum Gasteiger partial charge on any atom is 0.242 e. The third kappa shape index (κ3) is 6.01. The topological polar surface area (TPSA) is 46.7 Å². The maximum atomic E-state index is 6.91. The summed E-state index contributed by atoms with van der Waals surface area (Å²) in [6.07, 6.45) is 5.74. The SMILES string of the molecule is CC(C)(C)c1ccnc(-n2c3ccccc3c3ccc(Oc4cccc(-c5ccc6c7c5[nH][c-][n+]7-c5c(-c7ccc8c(c7)C7(C)c9ccccc9C9(C)c%10ccccc%10C8(C)C97C)cccc5-c5ccccc5-c5ccccc5-6)c4)cc32)c1. The van der Waals surface area contributed by atoms with Gasteiger partial charge in [-0.15, -0.1) is 0 Å². The molecule has 4 atom stereocenters. The molecule has 4 unspecified atom stereocenters. The van der Waals surface area contributed by atoms with E-state index in [9.17, 15) is 0 Å². The van der Waals surface area contributed by atoms with Gasteiger partial charge in [0.25, 0.3) is 0 Å². The van der Waals surface area contributed by atoms with E-state index < -0.39 is 0 Å². The number of hydrogen-bond acceptors (Lipinski definition) is 2. The number of nitrogens with one attached hydrogen (secondary N) is 1. The van der Waals surface area contributed by atoms with Gasteiger partial charge in [0.1, 0.15) is 17.3 Å². The van der Waals surface area contributed by atoms with Gasteiger partial charge in [-0.05, 0) is 142 Å². The fourth-order valence-corrected chi connectivity index (χ4v) is 16.8. The lowest BCUT2D eigenvalue weighted by atomic mass is 9.52. The van der Waals surface area contributed by atoms with Crippen molar-refractivity contribution in [3.05, 3.63) is 276 Å². The number of para-hydroxylation sites is 2. The van der Waals surface area contributed by atoms with Gasteiger partial charge in [0.2, 0.25) is 6.33 Å². The number of rotatable bonds is 5. The Kier molecular flexibility index (Phi) is 9.60. The minimum atomic E-state index is -0.282. The second-order valence-corrected chi connectivity index (χ2v) is 25.4. The minimum Gasteiger partial charge on any atom is -0.457 e. The van der Waals surface area contributed by atoms with Crippen LogP contribution >= 0.6 is 0 Å². The molecule has 13 aromatic rings. The second kappa shape index (κ2) is 16.5. The van der Waals surface area contributed by atoms with E-state index in [-0.39, 0.29) is 27.1 Å². The van der Waals surface area contributed by atoms with Gasteiger partial charge < -0.3 is 14.3 Å². The second-order valence-electron chi connectivity index (χ2n) is 25.4. The van der Waals surface area contributed by atoms with Crippen LogP contribution in [0.2, 0.25) is 0 Å². The molecule has 0 bridgehead atoms. The van der Waals surface area contributed by atoms with Crippen LogP contribution in [-0.2, 0) is 21.7 Å². The molecule has 1 N–H and O–H groups in total. The summed E-state index contributed by atoms with van der Waals surface area (Å²) >= 11 is 0. The van der Waals surface area contributed by atoms with Crippen LogP contribution in [0.4, 0.5) is 0 Å². The van der Waals surface area contributed by atoms with E-state index in [0.29, 0.717) is 0 Å². The highest BCUT2D eigenvalue weighted by Crippen LogP contribution is 2.82. The molecule has 4 heterocycles. The Balaban J connectivity index is 0.841. The van der Waals surface area contributed by atoms with Crippen LogP contribution in [0.15, 0.2) is 231 Å². The predicted molar refractivity (Wildman–Crippen MR) is 337 cm³/mol. The third-order valence-corrected chi connectivity index (χ3v) is 21.0. The molecule has 3 aliphatic carbocycles. The Hall–Kier alpha value is -9.58. The van der Waals surface area contributed by atoms with Crippen molar-refractivity contribution < 1.29 is 9.30 Å². The Morgan fingerprint density at radius 1 is 0.446 bits per heavy atom. The van der Waals surface area contributed by atoms with Gasteiger partial charge in [-0.2, -0.15) is 0 Å². The number of benzene rings is 10. The first-order valence-corrected chi connectivity index (χ1v) is 29.3. The zero-order chi connectivity index (χ0) is 55.9. The van der Waals surface area contributed by atoms with Crippen LogP contribution < -0.4 is 9.30 Å². The van der Waals surface area contributed by atoms with Gasteiger partial charge in [0.15, 0.2) is 0 Å². The Morgan fingerprint density at radius 3 is 1.69 bits per heavy atom. The molecule has 5 heteroatoms. The first-order chi connectivity index (χ1) is 40.3. The lowest BCUT2D eigenvalue weighted by molar-refractivity contribution is -0.569. The van der Waals surface area contributed by atoms with Gasteiger partial charge in [0, 0.05) is 44.7 Å². The summed E-state index contributed by atoms with van der Waals surface area (Å²) in [6.45, 7) is 17.0. The molecule has 17 rings (SSSR count). The molecular weight excluding hydrogens is 1010 g/mol. The summed E-state index contributed by atoms with van der Waals surface area (Å²) in [5, 5.41) is 2.33. The van der Waals surface area contributed by atoms with Gasteiger partial charge in [-0.25, -0.2) is 4.98 Å². The zero-order valence-electron chi connectivity index (χ0n) is 47.7. The molecule has 398 valence electrons. The van der Waals surface area contributed by atoms with Gasteiger partial charge in [-0.3, -0.25) is 4.57 Å². The Bertz CT molecular complexity index is 4970. The molecule has 0 fully saturated rings. The van der Waals surface area contributed by atoms with Crippen molar-refractivity contribution in [2.75, 3.05) is 0 Å². The molecule has 0 saturated heterocycles. The van der Waals surface area contributed by atoms with Crippen LogP contribution in [0.3, 0.4) is 0 Å². The molecule has 5 nitrogen and oxygen atoms in total. The van der Waals surface area contributed by atoms with Gasteiger partial charge >= 0.3 is 0 Å². The minimum absolute atomic E-state index is 0.0291. The Labute approximate surface area is 484 Å². The molecular formula is C78H60N4O. The summed E-state index contributed by atoms with van der Waals surface area (Å²) in [7, 11) is 0. The molecule has 10 aromatic carbocycles. The number of fused-ring (bicyclic) bond motifs is 19. The summed E-state index contributed by atoms with van der Waals surface area (Å²) in [6, 6.07) is 83.3. The molecule has 0 amide bonds. The number of aromatic nitrogens is 4. The normalized spacial score (nSPS) is 20.4. The van der Waals surface area contributed by atoms with Gasteiger partial charge in [0.05, 0.1) is 27.8 Å². The highest BCUT2D eigenvalue weighted by atomic mass is 16.5. The number of pyridine rings is 1. The van der Waals surface area contributed by atoms with Crippen molar-refractivity contribution in [2.24, 2.45) is 5.41 Å². The Morgan fingerprint density at radius 2 is 0.988 bits per heavy atom. The van der Waals surface area contributed by atoms with Crippen molar-refractivity contribution in [1.82, 2.24) is 14.5 Å². The van der Waals surface area contributed by atoms with Crippen molar-refractivity contribution in [3.63, 3.8) is 0 Å². The number of H-pyrrole nitrogens is 1. The van der Waals surface area contributed by atoms with Crippen molar-refractivity contribution >= 4 is 32.8 Å². The van der Waals surface area contributed by atoms with Crippen LogP contribution in [0.5, 0.6) is 11.5 Å². The van der Waals surface area contributed by atoms with Crippen LogP contribution in [-0.4, -0.2) is 14.5 Å². The number of aromatic amines is 1. The average molecular weight is 1070 g/mol. The summed E-state index contributed by atoms with van der Waals surface area (Å²) in [5.74, 6) is 2.38. The van der Waals surface area contributed by atoms with E-state index in [0.717, 1.165) is 78.3 Å². The highest BCUT2D eigenvalue weighted by Gasteiger charge is 2.79.